The van der Waals surface area contributed by atoms with Gasteiger partial charge < -0.3 is 4.74 Å². The van der Waals surface area contributed by atoms with Crippen molar-refractivity contribution in [2.45, 2.75) is 84.2 Å². The Labute approximate surface area is 185 Å². The summed E-state index contributed by atoms with van der Waals surface area (Å²) in [4.78, 5) is 0. The second-order valence-electron chi connectivity index (χ2n) is 8.85. The number of rotatable bonds is 10. The molecule has 170 valence electrons. The van der Waals surface area contributed by atoms with Gasteiger partial charge in [-0.15, -0.1) is 0 Å². The lowest BCUT2D eigenvalue weighted by molar-refractivity contribution is -0.0215. The Balaban J connectivity index is 1.65. The van der Waals surface area contributed by atoms with Gasteiger partial charge in [-0.2, -0.15) is 0 Å². The number of halogens is 3. The van der Waals surface area contributed by atoms with Gasteiger partial charge in [0, 0.05) is 11.1 Å². The number of ether oxygens (including phenoxy) is 1. The van der Waals surface area contributed by atoms with Crippen LogP contribution in [0.25, 0.3) is 11.1 Å². The maximum Gasteiger partial charge on any atom is 0.166 e. The van der Waals surface area contributed by atoms with E-state index in [0.717, 1.165) is 25.7 Å². The minimum absolute atomic E-state index is 0.0971. The van der Waals surface area contributed by atoms with Crippen molar-refractivity contribution in [1.82, 2.24) is 0 Å². The fourth-order valence-corrected chi connectivity index (χ4v) is 4.47. The molecule has 1 fully saturated rings. The molecule has 1 nitrogen and oxygen atoms in total. The third kappa shape index (κ3) is 6.12. The lowest BCUT2D eigenvalue weighted by Crippen LogP contribution is -2.21. The first-order chi connectivity index (χ1) is 15.0. The Kier molecular flexibility index (Phi) is 9.01. The van der Waals surface area contributed by atoms with Gasteiger partial charge in [-0.05, 0) is 55.2 Å². The SMILES string of the molecule is CCCCCCC1CCC(c2ccc(-c3ccc(CCCC)c(F)c3F)cc2F)OC1. The predicted octanol–water partition coefficient (Wildman–Crippen LogP) is 8.55. The molecular weight excluding hydrogens is 397 g/mol. The summed E-state index contributed by atoms with van der Waals surface area (Å²) in [5, 5.41) is 0. The molecule has 1 saturated heterocycles. The van der Waals surface area contributed by atoms with Crippen molar-refractivity contribution in [2.24, 2.45) is 5.92 Å². The molecule has 0 saturated carbocycles. The lowest BCUT2D eigenvalue weighted by atomic mass is 9.90. The summed E-state index contributed by atoms with van der Waals surface area (Å²) in [6, 6.07) is 7.80. The molecule has 2 aromatic carbocycles. The molecule has 0 amide bonds. The van der Waals surface area contributed by atoms with Crippen LogP contribution in [0.5, 0.6) is 0 Å². The van der Waals surface area contributed by atoms with E-state index in [4.69, 9.17) is 4.74 Å². The van der Waals surface area contributed by atoms with E-state index in [0.29, 0.717) is 35.6 Å². The lowest BCUT2D eigenvalue weighted by Gasteiger charge is -2.29. The van der Waals surface area contributed by atoms with Crippen molar-refractivity contribution in [2.75, 3.05) is 6.61 Å². The van der Waals surface area contributed by atoms with Gasteiger partial charge in [-0.1, -0.05) is 70.2 Å². The Morgan fingerprint density at radius 1 is 0.871 bits per heavy atom. The highest BCUT2D eigenvalue weighted by Crippen LogP contribution is 2.36. The Hall–Kier alpha value is -1.81. The monoisotopic (exact) mass is 432 g/mol. The summed E-state index contributed by atoms with van der Waals surface area (Å²) < 4.78 is 49.9. The van der Waals surface area contributed by atoms with E-state index < -0.39 is 17.5 Å². The van der Waals surface area contributed by atoms with Crippen LogP contribution in [-0.2, 0) is 11.2 Å². The van der Waals surface area contributed by atoms with Gasteiger partial charge in [-0.3, -0.25) is 0 Å². The van der Waals surface area contributed by atoms with Crippen molar-refractivity contribution in [3.63, 3.8) is 0 Å². The first-order valence-corrected chi connectivity index (χ1v) is 11.9. The summed E-state index contributed by atoms with van der Waals surface area (Å²) in [6.45, 7) is 4.88. The average Bonchev–Trinajstić information content (AvgIpc) is 2.78. The van der Waals surface area contributed by atoms with E-state index >= 15 is 0 Å². The number of hydrogen-bond acceptors (Lipinski definition) is 1. The smallest absolute Gasteiger partial charge is 0.166 e. The number of unbranched alkanes of at least 4 members (excludes halogenated alkanes) is 4. The highest BCUT2D eigenvalue weighted by molar-refractivity contribution is 5.65. The normalized spacial score (nSPS) is 19.0. The highest BCUT2D eigenvalue weighted by atomic mass is 19.2. The number of benzene rings is 2. The minimum Gasteiger partial charge on any atom is -0.373 e. The van der Waals surface area contributed by atoms with Crippen LogP contribution in [0.1, 0.15) is 88.9 Å². The molecule has 2 aromatic rings. The second kappa shape index (κ2) is 11.7. The molecule has 0 spiro atoms. The van der Waals surface area contributed by atoms with Gasteiger partial charge in [0.1, 0.15) is 5.82 Å². The van der Waals surface area contributed by atoms with E-state index in [1.165, 1.54) is 38.2 Å². The fraction of sp³-hybridized carbons (Fsp3) is 0.556. The predicted molar refractivity (Wildman–Crippen MR) is 121 cm³/mol. The third-order valence-corrected chi connectivity index (χ3v) is 6.46. The van der Waals surface area contributed by atoms with Crippen LogP contribution in [0.3, 0.4) is 0 Å². The molecule has 1 heterocycles. The van der Waals surface area contributed by atoms with Crippen LogP contribution in [0, 0.1) is 23.4 Å². The Morgan fingerprint density at radius 3 is 2.35 bits per heavy atom. The summed E-state index contributed by atoms with van der Waals surface area (Å²) in [7, 11) is 0. The molecule has 2 atom stereocenters. The topological polar surface area (TPSA) is 9.23 Å². The van der Waals surface area contributed by atoms with E-state index in [1.54, 1.807) is 24.3 Å². The molecule has 1 aliphatic rings. The molecule has 3 rings (SSSR count). The van der Waals surface area contributed by atoms with Gasteiger partial charge in [0.25, 0.3) is 0 Å². The minimum atomic E-state index is -0.902. The van der Waals surface area contributed by atoms with Crippen molar-refractivity contribution >= 4 is 0 Å². The molecule has 0 N–H and O–H groups in total. The molecule has 0 bridgehead atoms. The van der Waals surface area contributed by atoms with Crippen LogP contribution in [0.15, 0.2) is 30.3 Å². The molecule has 0 radical (unpaired) electrons. The summed E-state index contributed by atoms with van der Waals surface area (Å²) in [6.07, 6.45) is 9.98. The maximum atomic E-state index is 14.9. The van der Waals surface area contributed by atoms with Crippen LogP contribution < -0.4 is 0 Å². The molecular formula is C27H35F3O. The zero-order chi connectivity index (χ0) is 22.2. The van der Waals surface area contributed by atoms with Crippen LogP contribution in [0.2, 0.25) is 0 Å². The molecule has 0 aromatic heterocycles. The van der Waals surface area contributed by atoms with E-state index in [-0.39, 0.29) is 11.7 Å². The van der Waals surface area contributed by atoms with Gasteiger partial charge >= 0.3 is 0 Å². The van der Waals surface area contributed by atoms with Crippen LogP contribution >= 0.6 is 0 Å². The number of hydrogen-bond donors (Lipinski definition) is 0. The molecule has 4 heteroatoms. The molecule has 1 aliphatic heterocycles. The average molecular weight is 433 g/mol. The van der Waals surface area contributed by atoms with Crippen molar-refractivity contribution in [3.05, 3.63) is 58.9 Å². The maximum absolute atomic E-state index is 14.9. The van der Waals surface area contributed by atoms with E-state index in [1.807, 2.05) is 6.92 Å². The van der Waals surface area contributed by atoms with Crippen LogP contribution in [0.4, 0.5) is 13.2 Å². The van der Waals surface area contributed by atoms with E-state index in [9.17, 15) is 13.2 Å². The number of aryl methyl sites for hydroxylation is 1. The standard InChI is InChI=1S/C27H35F3O/c1-3-5-7-8-9-19-11-16-25(31-18-19)23-15-13-21(17-24(23)28)22-14-12-20(10-6-4-2)26(29)27(22)30/h12-15,17,19,25H,3-11,16,18H2,1-2H3. The zero-order valence-electron chi connectivity index (χ0n) is 18.9. The molecule has 31 heavy (non-hydrogen) atoms. The summed E-state index contributed by atoms with van der Waals surface area (Å²) in [5.74, 6) is -1.59. The van der Waals surface area contributed by atoms with Gasteiger partial charge in [0.05, 0.1) is 12.7 Å². The third-order valence-electron chi connectivity index (χ3n) is 6.46. The largest absolute Gasteiger partial charge is 0.373 e. The fourth-order valence-electron chi connectivity index (χ4n) is 4.47. The van der Waals surface area contributed by atoms with Gasteiger partial charge in [0.2, 0.25) is 0 Å². The van der Waals surface area contributed by atoms with Crippen LogP contribution in [-0.4, -0.2) is 6.61 Å². The first-order valence-electron chi connectivity index (χ1n) is 11.9. The first kappa shape index (κ1) is 23.8. The molecule has 0 aliphatic carbocycles. The molecule has 2 unspecified atom stereocenters. The Morgan fingerprint density at radius 2 is 1.68 bits per heavy atom. The Bertz CT molecular complexity index is 841. The van der Waals surface area contributed by atoms with Crippen molar-refractivity contribution in [3.8, 4) is 11.1 Å². The summed E-state index contributed by atoms with van der Waals surface area (Å²) in [5.41, 5.74) is 1.33. The zero-order valence-corrected chi connectivity index (χ0v) is 18.9. The second-order valence-corrected chi connectivity index (χ2v) is 8.85. The van der Waals surface area contributed by atoms with Crippen molar-refractivity contribution in [1.29, 1.82) is 0 Å². The summed E-state index contributed by atoms with van der Waals surface area (Å²) >= 11 is 0. The van der Waals surface area contributed by atoms with Gasteiger partial charge in [-0.25, -0.2) is 13.2 Å². The quantitative estimate of drug-likeness (QED) is 0.342. The van der Waals surface area contributed by atoms with Gasteiger partial charge in [0.15, 0.2) is 11.6 Å². The van der Waals surface area contributed by atoms with E-state index in [2.05, 4.69) is 6.92 Å². The van der Waals surface area contributed by atoms with Crippen molar-refractivity contribution < 1.29 is 17.9 Å². The highest BCUT2D eigenvalue weighted by Gasteiger charge is 2.25.